The molecule has 5 nitrogen and oxygen atoms in total. The van der Waals surface area contributed by atoms with Gasteiger partial charge < -0.3 is 15.2 Å². The van der Waals surface area contributed by atoms with Gasteiger partial charge in [-0.3, -0.25) is 4.99 Å². The van der Waals surface area contributed by atoms with Crippen molar-refractivity contribution in [2.75, 3.05) is 20.1 Å². The zero-order valence-corrected chi connectivity index (χ0v) is 16.2. The number of guanidine groups is 1. The highest BCUT2D eigenvalue weighted by atomic mass is 32.2. The third kappa shape index (κ3) is 7.22. The molecule has 1 atom stereocenters. The van der Waals surface area contributed by atoms with Crippen LogP contribution in [-0.2, 0) is 6.54 Å². The van der Waals surface area contributed by atoms with Crippen LogP contribution in [0.3, 0.4) is 0 Å². The molecule has 1 aromatic heterocycles. The molecule has 0 amide bonds. The lowest BCUT2D eigenvalue weighted by molar-refractivity contribution is 0.588. The Labute approximate surface area is 155 Å². The predicted molar refractivity (Wildman–Crippen MR) is 107 cm³/mol. The van der Waals surface area contributed by atoms with Crippen molar-refractivity contribution in [3.05, 3.63) is 48.5 Å². The molecule has 6 heteroatoms. The predicted octanol–water partition coefficient (Wildman–Crippen LogP) is 3.32. The van der Waals surface area contributed by atoms with Gasteiger partial charge in [-0.2, -0.15) is 0 Å². The summed E-state index contributed by atoms with van der Waals surface area (Å²) in [6.07, 6.45) is 6.12. The maximum Gasteiger partial charge on any atom is 0.191 e. The van der Waals surface area contributed by atoms with E-state index in [1.807, 2.05) is 44.2 Å². The highest BCUT2D eigenvalue weighted by Gasteiger charge is 2.05. The van der Waals surface area contributed by atoms with Crippen molar-refractivity contribution in [3.8, 4) is 0 Å². The van der Waals surface area contributed by atoms with E-state index in [2.05, 4.69) is 56.4 Å². The molecule has 0 aliphatic rings. The summed E-state index contributed by atoms with van der Waals surface area (Å²) in [6.45, 7) is 7.09. The Morgan fingerprint density at radius 2 is 2.04 bits per heavy atom. The molecule has 2 rings (SSSR count). The number of rotatable bonds is 9. The summed E-state index contributed by atoms with van der Waals surface area (Å²) in [5.41, 5.74) is 0. The SMILES string of the molecule is CN=C(NCCCCn1ccnc1C)NCC(C)Sc1ccccc1. The van der Waals surface area contributed by atoms with Gasteiger partial charge in [0.2, 0.25) is 0 Å². The largest absolute Gasteiger partial charge is 0.356 e. The van der Waals surface area contributed by atoms with E-state index in [4.69, 9.17) is 0 Å². The molecule has 0 saturated carbocycles. The first-order valence-corrected chi connectivity index (χ1v) is 9.71. The molecule has 1 unspecified atom stereocenters. The van der Waals surface area contributed by atoms with Crippen LogP contribution in [0, 0.1) is 6.92 Å². The zero-order valence-electron chi connectivity index (χ0n) is 15.4. The fourth-order valence-electron chi connectivity index (χ4n) is 2.49. The van der Waals surface area contributed by atoms with Gasteiger partial charge in [0.25, 0.3) is 0 Å². The summed E-state index contributed by atoms with van der Waals surface area (Å²) < 4.78 is 2.19. The molecule has 0 saturated heterocycles. The Hall–Kier alpha value is -1.95. The highest BCUT2D eigenvalue weighted by molar-refractivity contribution is 8.00. The van der Waals surface area contributed by atoms with E-state index in [9.17, 15) is 0 Å². The number of unbranched alkanes of at least 4 members (excludes halogenated alkanes) is 1. The van der Waals surface area contributed by atoms with Gasteiger partial charge in [0, 0.05) is 49.2 Å². The molecule has 136 valence electrons. The first-order valence-electron chi connectivity index (χ1n) is 8.83. The number of nitrogens with one attached hydrogen (secondary N) is 2. The third-order valence-electron chi connectivity index (χ3n) is 3.90. The number of aryl methyl sites for hydroxylation is 2. The van der Waals surface area contributed by atoms with Gasteiger partial charge in [0.15, 0.2) is 5.96 Å². The van der Waals surface area contributed by atoms with Crippen molar-refractivity contribution in [2.24, 2.45) is 4.99 Å². The van der Waals surface area contributed by atoms with Gasteiger partial charge in [0.05, 0.1) is 0 Å². The van der Waals surface area contributed by atoms with Crippen molar-refractivity contribution in [1.29, 1.82) is 0 Å². The number of nitrogens with zero attached hydrogens (tertiary/aromatic N) is 3. The molecule has 2 N–H and O–H groups in total. The average molecular weight is 360 g/mol. The van der Waals surface area contributed by atoms with Gasteiger partial charge in [0.1, 0.15) is 5.82 Å². The molecule has 0 radical (unpaired) electrons. The van der Waals surface area contributed by atoms with Gasteiger partial charge >= 0.3 is 0 Å². The number of hydrogen-bond acceptors (Lipinski definition) is 3. The van der Waals surface area contributed by atoms with Crippen molar-refractivity contribution in [3.63, 3.8) is 0 Å². The molecular weight excluding hydrogens is 330 g/mol. The van der Waals surface area contributed by atoms with Crippen LogP contribution in [0.5, 0.6) is 0 Å². The number of hydrogen-bond donors (Lipinski definition) is 2. The molecule has 25 heavy (non-hydrogen) atoms. The quantitative estimate of drug-likeness (QED) is 0.312. The van der Waals surface area contributed by atoms with Crippen LogP contribution >= 0.6 is 11.8 Å². The topological polar surface area (TPSA) is 54.2 Å². The molecule has 0 fully saturated rings. The highest BCUT2D eigenvalue weighted by Crippen LogP contribution is 2.21. The summed E-state index contributed by atoms with van der Waals surface area (Å²) in [4.78, 5) is 9.84. The van der Waals surface area contributed by atoms with Crippen molar-refractivity contribution < 1.29 is 0 Å². The summed E-state index contributed by atoms with van der Waals surface area (Å²) >= 11 is 1.87. The van der Waals surface area contributed by atoms with E-state index in [1.54, 1.807) is 0 Å². The number of aromatic nitrogens is 2. The second kappa shape index (κ2) is 10.8. The summed E-state index contributed by atoms with van der Waals surface area (Å²) in [7, 11) is 1.82. The Balaban J connectivity index is 1.59. The first-order chi connectivity index (χ1) is 12.2. The van der Waals surface area contributed by atoms with Crippen molar-refractivity contribution >= 4 is 17.7 Å². The molecule has 0 bridgehead atoms. The lowest BCUT2D eigenvalue weighted by Crippen LogP contribution is -2.40. The van der Waals surface area contributed by atoms with Gasteiger partial charge in [-0.25, -0.2) is 4.98 Å². The molecule has 1 aromatic carbocycles. The van der Waals surface area contributed by atoms with Gasteiger partial charge in [-0.1, -0.05) is 25.1 Å². The summed E-state index contributed by atoms with van der Waals surface area (Å²) in [6, 6.07) is 10.5. The van der Waals surface area contributed by atoms with E-state index in [-0.39, 0.29) is 0 Å². The Kier molecular flexibility index (Phi) is 8.39. The summed E-state index contributed by atoms with van der Waals surface area (Å²) in [5, 5.41) is 7.27. The van der Waals surface area contributed by atoms with Crippen LogP contribution in [0.25, 0.3) is 0 Å². The van der Waals surface area contributed by atoms with Gasteiger partial charge in [-0.15, -0.1) is 11.8 Å². The Morgan fingerprint density at radius 1 is 1.24 bits per heavy atom. The first kappa shape index (κ1) is 19.4. The number of thioether (sulfide) groups is 1. The minimum absolute atomic E-state index is 0.477. The third-order valence-corrected chi connectivity index (χ3v) is 5.02. The van der Waals surface area contributed by atoms with Gasteiger partial charge in [-0.05, 0) is 31.9 Å². The second-order valence-electron chi connectivity index (χ2n) is 6.00. The van der Waals surface area contributed by atoms with E-state index in [0.29, 0.717) is 5.25 Å². The fraction of sp³-hybridized carbons (Fsp3) is 0.474. The van der Waals surface area contributed by atoms with E-state index < -0.39 is 0 Å². The lowest BCUT2D eigenvalue weighted by Gasteiger charge is -2.16. The summed E-state index contributed by atoms with van der Waals surface area (Å²) in [5.74, 6) is 1.95. The van der Waals surface area contributed by atoms with E-state index in [1.165, 1.54) is 4.90 Å². The zero-order chi connectivity index (χ0) is 17.9. The van der Waals surface area contributed by atoms with Crippen LogP contribution in [0.2, 0.25) is 0 Å². The Morgan fingerprint density at radius 3 is 2.72 bits per heavy atom. The monoisotopic (exact) mass is 359 g/mol. The standard InChI is InChI=1S/C19H29N5S/c1-16(25-18-9-5-4-6-10-18)15-23-19(20-3)22-11-7-8-13-24-14-12-21-17(24)2/h4-6,9-10,12,14,16H,7-8,11,13,15H2,1-3H3,(H2,20,22,23). The van der Waals surface area contributed by atoms with Crippen molar-refractivity contribution in [2.45, 2.75) is 43.4 Å². The van der Waals surface area contributed by atoms with Crippen LogP contribution in [0.1, 0.15) is 25.6 Å². The fourth-order valence-corrected chi connectivity index (χ4v) is 3.43. The van der Waals surface area contributed by atoms with Crippen LogP contribution < -0.4 is 10.6 Å². The molecule has 1 heterocycles. The molecule has 0 spiro atoms. The molecule has 2 aromatic rings. The normalized spacial score (nSPS) is 12.8. The minimum Gasteiger partial charge on any atom is -0.356 e. The van der Waals surface area contributed by atoms with E-state index >= 15 is 0 Å². The van der Waals surface area contributed by atoms with Crippen molar-refractivity contribution in [1.82, 2.24) is 20.2 Å². The number of benzene rings is 1. The molecular formula is C19H29N5S. The van der Waals surface area contributed by atoms with Crippen LogP contribution in [-0.4, -0.2) is 40.9 Å². The van der Waals surface area contributed by atoms with Crippen LogP contribution in [0.15, 0.2) is 52.6 Å². The number of imidazole rings is 1. The maximum atomic E-state index is 4.30. The van der Waals surface area contributed by atoms with E-state index in [0.717, 1.165) is 44.3 Å². The second-order valence-corrected chi connectivity index (χ2v) is 7.51. The molecule has 0 aliphatic heterocycles. The number of aliphatic imine (C=N–C) groups is 1. The van der Waals surface area contributed by atoms with Crippen LogP contribution in [0.4, 0.5) is 0 Å². The Bertz CT molecular complexity index is 638. The maximum absolute atomic E-state index is 4.30. The molecule has 0 aliphatic carbocycles. The smallest absolute Gasteiger partial charge is 0.191 e. The lowest BCUT2D eigenvalue weighted by atomic mass is 10.3. The average Bonchev–Trinajstić information content (AvgIpc) is 3.03. The minimum atomic E-state index is 0.477.